The van der Waals surface area contributed by atoms with Gasteiger partial charge in [0.05, 0.1) is 0 Å². The fraction of sp³-hybridized carbons (Fsp3) is 0.571. The molecule has 0 rings (SSSR count). The molecule has 0 aromatic carbocycles. The van der Waals surface area contributed by atoms with E-state index in [0.717, 1.165) is 8.93 Å². The van der Waals surface area contributed by atoms with Gasteiger partial charge in [-0.2, -0.15) is 0 Å². The van der Waals surface area contributed by atoms with Gasteiger partial charge in [-0.1, -0.05) is 0 Å². The van der Waals surface area contributed by atoms with Crippen LogP contribution in [0.2, 0.25) is 0 Å². The zero-order chi connectivity index (χ0) is 11.8. The van der Waals surface area contributed by atoms with Crippen molar-refractivity contribution in [2.75, 3.05) is 0 Å². The van der Waals surface area contributed by atoms with Crippen molar-refractivity contribution < 1.29 is 45.2 Å². The van der Waals surface area contributed by atoms with E-state index in [1.54, 1.807) is 0 Å². The first-order valence-corrected chi connectivity index (χ1v) is 7.07. The number of aliphatic carboxylic acids is 1. The summed E-state index contributed by atoms with van der Waals surface area (Å²) in [6.45, 7) is 1.41. The zero-order valence-corrected chi connectivity index (χ0v) is 10.3. The second kappa shape index (κ2) is 7.04. The van der Waals surface area contributed by atoms with Crippen LogP contribution in [0.5, 0.6) is 0 Å². The van der Waals surface area contributed by atoms with E-state index >= 15 is 0 Å². The first-order chi connectivity index (χ1) is 6.97. The van der Waals surface area contributed by atoms with Crippen LogP contribution in [0.25, 0.3) is 0 Å². The van der Waals surface area contributed by atoms with E-state index in [4.69, 9.17) is 5.70 Å². The number of carbonyl (C=O) groups excluding carboxylic acids is 2. The Balaban J connectivity index is 3.85. The standard InChI is InChI=1S/C7H10IO5S/c1-4(7(12)14-8)13-6(11)3-2-5(9)10/h4,8H,2-3H2,1H3,(H,9,10)/q-1/t4-/m0/s1/i8T. The molecule has 0 bridgehead atoms. The molecule has 0 amide bonds. The average Bonchev–Trinajstić information content (AvgIpc) is 2.15. The molecule has 0 unspecified atom stereocenters. The van der Waals surface area contributed by atoms with E-state index in [0.29, 0.717) is 0 Å². The Labute approximate surface area is 97.6 Å². The molecule has 82 valence electrons. The van der Waals surface area contributed by atoms with Gasteiger partial charge in [-0.25, -0.2) is 0 Å². The summed E-state index contributed by atoms with van der Waals surface area (Å²) in [5, 5.41) is 7.93. The molecule has 0 aliphatic carbocycles. The number of rotatable bonds is 6. The van der Waals surface area contributed by atoms with Crippen molar-refractivity contribution in [3.05, 3.63) is 0 Å². The molecule has 0 aliphatic rings. The van der Waals surface area contributed by atoms with Crippen molar-refractivity contribution in [1.82, 2.24) is 0 Å². The first kappa shape index (κ1) is 11.8. The van der Waals surface area contributed by atoms with E-state index in [-0.39, 0.29) is 18.0 Å². The van der Waals surface area contributed by atoms with Gasteiger partial charge in [-0.15, -0.1) is 0 Å². The van der Waals surface area contributed by atoms with Gasteiger partial charge >= 0.3 is 97.7 Å². The minimum absolute atomic E-state index is 0.243. The van der Waals surface area contributed by atoms with Gasteiger partial charge in [0.25, 0.3) is 0 Å². The molecule has 5 nitrogen and oxygen atoms in total. The summed E-state index contributed by atoms with van der Waals surface area (Å²) in [6, 6.07) is 0. The van der Waals surface area contributed by atoms with Crippen molar-refractivity contribution in [2.24, 2.45) is 0 Å². The first-order valence-electron chi connectivity index (χ1n) is 4.09. The van der Waals surface area contributed by atoms with Gasteiger partial charge in [0.15, 0.2) is 0 Å². The quantitative estimate of drug-likeness (QED) is 0.419. The molecule has 0 aliphatic heterocycles. The molecule has 0 saturated heterocycles. The van der Waals surface area contributed by atoms with Crippen LogP contribution in [0, 0.1) is 0 Å². The van der Waals surface area contributed by atoms with Crippen molar-refractivity contribution in [2.45, 2.75) is 25.9 Å². The third kappa shape index (κ3) is 6.19. The molecule has 1 atom stereocenters. The maximum atomic E-state index is 11.1. The number of carboxylic acids is 1. The Morgan fingerprint density at radius 1 is 1.57 bits per heavy atom. The SMILES string of the molecule is [3H][I-]SC(=O)[C@H](C)OC(=O)CCC(=O)O. The molecule has 7 heteroatoms. The summed E-state index contributed by atoms with van der Waals surface area (Å²) in [5.74, 6) is -1.79. The summed E-state index contributed by atoms with van der Waals surface area (Å²) in [5.41, 5.74) is 0. The second-order valence-corrected chi connectivity index (χ2v) is 4.30. The van der Waals surface area contributed by atoms with E-state index in [1.165, 1.54) is 6.92 Å². The molecular weight excluding hydrogens is 323 g/mol. The maximum absolute atomic E-state index is 11.1. The van der Waals surface area contributed by atoms with Gasteiger partial charge in [0, 0.05) is 0 Å². The molecular formula is C7H10IO5S-. The summed E-state index contributed by atoms with van der Waals surface area (Å²) in [6.07, 6.45) is -1.45. The molecule has 0 aromatic heterocycles. The topological polar surface area (TPSA) is 80.7 Å². The van der Waals surface area contributed by atoms with Gasteiger partial charge in [0.2, 0.25) is 0 Å². The summed E-state index contributed by atoms with van der Waals surface area (Å²) >= 11 is -0.979. The zero-order valence-electron chi connectivity index (χ0n) is 8.36. The number of hydrogen-bond acceptors (Lipinski definition) is 5. The Kier molecular flexibility index (Phi) is 5.92. The van der Waals surface area contributed by atoms with Crippen LogP contribution in [-0.2, 0) is 19.1 Å². The monoisotopic (exact) mass is 335 g/mol. The summed E-state index contributed by atoms with van der Waals surface area (Å²) in [7, 11) is 0.850. The fourth-order valence-electron chi connectivity index (χ4n) is 0.576. The Morgan fingerprint density at radius 2 is 2.21 bits per heavy atom. The van der Waals surface area contributed by atoms with E-state index in [2.05, 4.69) is 4.74 Å². The van der Waals surface area contributed by atoms with Crippen molar-refractivity contribution in [3.63, 3.8) is 0 Å². The van der Waals surface area contributed by atoms with Crippen LogP contribution in [0.4, 0.5) is 0 Å². The number of carbonyl (C=O) groups is 3. The Hall–Kier alpha value is -0.310. The summed E-state index contributed by atoms with van der Waals surface area (Å²) in [4.78, 5) is 32.2. The molecule has 0 aromatic rings. The second-order valence-electron chi connectivity index (χ2n) is 2.42. The molecule has 1 N–H and O–H groups in total. The van der Waals surface area contributed by atoms with Crippen molar-refractivity contribution in [3.8, 4) is 0 Å². The number of carboxylic acid groups (broad SMARTS) is 1. The van der Waals surface area contributed by atoms with E-state index in [9.17, 15) is 14.4 Å². The van der Waals surface area contributed by atoms with Gasteiger partial charge < -0.3 is 0 Å². The van der Waals surface area contributed by atoms with Crippen molar-refractivity contribution in [1.29, 1.82) is 0.594 Å². The fourth-order valence-corrected chi connectivity index (χ4v) is 1.82. The normalized spacial score (nSPS) is 13.1. The van der Waals surface area contributed by atoms with E-state index < -0.39 is 39.0 Å². The third-order valence-corrected chi connectivity index (χ3v) is 3.05. The molecule has 0 radical (unpaired) electrons. The number of halogens is 1. The minimum atomic E-state index is -1.09. The van der Waals surface area contributed by atoms with Crippen LogP contribution in [0.3, 0.4) is 0 Å². The Bertz CT molecular complexity index is 260. The van der Waals surface area contributed by atoms with Crippen molar-refractivity contribution >= 4 is 26.0 Å². The number of hydrogen-bond donors (Lipinski definition) is 1. The third-order valence-electron chi connectivity index (χ3n) is 1.26. The number of esters is 1. The molecule has 0 fully saturated rings. The van der Waals surface area contributed by atoms with E-state index in [1.807, 2.05) is 0 Å². The van der Waals surface area contributed by atoms with Crippen LogP contribution in [-0.4, -0.2) is 28.9 Å². The average molecular weight is 335 g/mol. The molecule has 14 heavy (non-hydrogen) atoms. The van der Waals surface area contributed by atoms with Gasteiger partial charge in [0.1, 0.15) is 0 Å². The predicted octanol–water partition coefficient (Wildman–Crippen LogP) is -2.76. The van der Waals surface area contributed by atoms with Crippen LogP contribution < -0.4 is 21.0 Å². The van der Waals surface area contributed by atoms with Crippen LogP contribution >= 0.6 is 8.93 Å². The predicted molar refractivity (Wildman–Crippen MR) is 46.4 cm³/mol. The van der Waals surface area contributed by atoms with Gasteiger partial charge in [-0.3, -0.25) is 0 Å². The molecule has 0 spiro atoms. The van der Waals surface area contributed by atoms with Crippen LogP contribution in [0.15, 0.2) is 0 Å². The Morgan fingerprint density at radius 3 is 2.71 bits per heavy atom. The number of ether oxygens (including phenoxy) is 1. The van der Waals surface area contributed by atoms with Gasteiger partial charge in [-0.05, 0) is 0 Å². The molecule has 0 saturated carbocycles. The molecule has 0 heterocycles. The van der Waals surface area contributed by atoms with Crippen LogP contribution in [0.1, 0.15) is 19.8 Å². The summed E-state index contributed by atoms with van der Waals surface area (Å²) < 4.78 is 11.6.